The van der Waals surface area contributed by atoms with E-state index in [2.05, 4.69) is 5.16 Å². The van der Waals surface area contributed by atoms with Crippen LogP contribution in [0.4, 0.5) is 0 Å². The molecule has 1 aromatic carbocycles. The van der Waals surface area contributed by atoms with Crippen molar-refractivity contribution in [1.29, 1.82) is 0 Å². The van der Waals surface area contributed by atoms with Crippen LogP contribution in [-0.2, 0) is 9.63 Å². The minimum absolute atomic E-state index is 0.0367. The van der Waals surface area contributed by atoms with Crippen molar-refractivity contribution in [2.45, 2.75) is 40.7 Å². The van der Waals surface area contributed by atoms with Crippen LogP contribution in [0.5, 0.6) is 0 Å². The number of carbonyl (C=O) groups is 1. The molecule has 1 atom stereocenters. The van der Waals surface area contributed by atoms with Crippen LogP contribution in [0, 0.1) is 0 Å². The molecular weight excluding hydrogens is 264 g/mol. The number of hydrogen-bond donors (Lipinski definition) is 0. The quantitative estimate of drug-likeness (QED) is 0.615. The molecule has 120 valence electrons. The van der Waals surface area contributed by atoms with Gasteiger partial charge in [0, 0.05) is 5.56 Å². The van der Waals surface area contributed by atoms with E-state index in [1.165, 1.54) is 7.11 Å². The number of rotatable bonds is 5. The maximum atomic E-state index is 11.7. The van der Waals surface area contributed by atoms with Gasteiger partial charge in [-0.15, -0.1) is 0 Å². The summed E-state index contributed by atoms with van der Waals surface area (Å²) in [6, 6.07) is 9.18. The summed E-state index contributed by atoms with van der Waals surface area (Å²) in [5, 5.41) is 3.99. The Balaban J connectivity index is 0. The molecule has 0 saturated carbocycles. The summed E-state index contributed by atoms with van der Waals surface area (Å²) in [6.45, 7) is 9.55. The molecule has 1 unspecified atom stereocenters. The van der Waals surface area contributed by atoms with Gasteiger partial charge in [-0.2, -0.15) is 0 Å². The lowest BCUT2D eigenvalue weighted by Gasteiger charge is -2.22. The first-order valence-electron chi connectivity index (χ1n) is 7.41. The molecule has 0 aliphatic rings. The van der Waals surface area contributed by atoms with Crippen molar-refractivity contribution in [3.8, 4) is 0 Å². The standard InChI is InChI=1S/C13H18N2O2.2C2H6/c1-10(16)13(15(2)3)12(14-17-4)11-8-6-5-7-9-11;2*1-2/h5-9,13H,1-4H3;2*1-2H3/b14-12+;;. The Hall–Kier alpha value is -1.68. The minimum Gasteiger partial charge on any atom is -0.399 e. The van der Waals surface area contributed by atoms with E-state index >= 15 is 0 Å². The Labute approximate surface area is 129 Å². The summed E-state index contributed by atoms with van der Waals surface area (Å²) in [5.41, 5.74) is 1.52. The van der Waals surface area contributed by atoms with Crippen molar-refractivity contribution >= 4 is 11.5 Å². The maximum absolute atomic E-state index is 11.7. The molecule has 0 aliphatic heterocycles. The summed E-state index contributed by atoms with van der Waals surface area (Å²) in [5.74, 6) is 0.0367. The highest BCUT2D eigenvalue weighted by Crippen LogP contribution is 2.10. The highest BCUT2D eigenvalue weighted by molar-refractivity contribution is 6.16. The van der Waals surface area contributed by atoms with Crippen LogP contribution in [0.25, 0.3) is 0 Å². The van der Waals surface area contributed by atoms with Gasteiger partial charge in [0.2, 0.25) is 0 Å². The topological polar surface area (TPSA) is 41.9 Å². The van der Waals surface area contributed by atoms with Crippen LogP contribution in [0.2, 0.25) is 0 Å². The van der Waals surface area contributed by atoms with E-state index in [1.807, 2.05) is 77.0 Å². The number of benzene rings is 1. The molecule has 0 aliphatic carbocycles. The lowest BCUT2D eigenvalue weighted by atomic mass is 10.00. The second-order valence-electron chi connectivity index (χ2n) is 4.00. The summed E-state index contributed by atoms with van der Waals surface area (Å²) in [4.78, 5) is 18.4. The normalized spacial score (nSPS) is 11.6. The highest BCUT2D eigenvalue weighted by Gasteiger charge is 2.25. The molecule has 1 aromatic rings. The third kappa shape index (κ3) is 7.61. The molecule has 0 amide bonds. The zero-order valence-electron chi connectivity index (χ0n) is 14.7. The SMILES string of the molecule is CC.CC.CO/N=C(\c1ccccc1)C(C(C)=O)N(C)C. The minimum atomic E-state index is -0.391. The highest BCUT2D eigenvalue weighted by atomic mass is 16.6. The predicted molar refractivity (Wildman–Crippen MR) is 90.8 cm³/mol. The van der Waals surface area contributed by atoms with Crippen LogP contribution in [0.1, 0.15) is 40.2 Å². The Morgan fingerprint density at radius 1 is 1.10 bits per heavy atom. The number of hydrogen-bond acceptors (Lipinski definition) is 4. The molecule has 0 aromatic heterocycles. The van der Waals surface area contributed by atoms with E-state index in [-0.39, 0.29) is 5.78 Å². The maximum Gasteiger partial charge on any atom is 0.153 e. The lowest BCUT2D eigenvalue weighted by Crippen LogP contribution is -2.42. The second-order valence-corrected chi connectivity index (χ2v) is 4.00. The van der Waals surface area contributed by atoms with Crippen LogP contribution < -0.4 is 0 Å². The van der Waals surface area contributed by atoms with E-state index in [0.717, 1.165) is 5.56 Å². The average Bonchev–Trinajstić information content (AvgIpc) is 2.51. The van der Waals surface area contributed by atoms with Crippen molar-refractivity contribution < 1.29 is 9.63 Å². The van der Waals surface area contributed by atoms with Gasteiger partial charge in [0.1, 0.15) is 18.9 Å². The van der Waals surface area contributed by atoms with Crippen molar-refractivity contribution in [3.63, 3.8) is 0 Å². The van der Waals surface area contributed by atoms with Crippen LogP contribution >= 0.6 is 0 Å². The number of ketones is 1. The number of carbonyl (C=O) groups excluding carboxylic acids is 1. The predicted octanol–water partition coefficient (Wildman–Crippen LogP) is 3.61. The zero-order chi connectivity index (χ0) is 16.8. The van der Waals surface area contributed by atoms with Gasteiger partial charge in [-0.1, -0.05) is 63.2 Å². The van der Waals surface area contributed by atoms with Gasteiger partial charge in [0.25, 0.3) is 0 Å². The van der Waals surface area contributed by atoms with Gasteiger partial charge in [-0.3, -0.25) is 9.69 Å². The average molecular weight is 294 g/mol. The van der Waals surface area contributed by atoms with E-state index in [0.29, 0.717) is 5.71 Å². The third-order valence-corrected chi connectivity index (χ3v) is 2.42. The van der Waals surface area contributed by atoms with Crippen molar-refractivity contribution in [2.24, 2.45) is 5.16 Å². The van der Waals surface area contributed by atoms with Crippen molar-refractivity contribution in [2.75, 3.05) is 21.2 Å². The zero-order valence-corrected chi connectivity index (χ0v) is 14.7. The molecule has 0 heterocycles. The molecule has 0 radical (unpaired) electrons. The monoisotopic (exact) mass is 294 g/mol. The molecule has 4 nitrogen and oxygen atoms in total. The molecule has 21 heavy (non-hydrogen) atoms. The molecular formula is C17H30N2O2. The fourth-order valence-corrected chi connectivity index (χ4v) is 1.77. The van der Waals surface area contributed by atoms with E-state index < -0.39 is 6.04 Å². The van der Waals surface area contributed by atoms with Gasteiger partial charge < -0.3 is 4.84 Å². The Kier molecular flexibility index (Phi) is 13.7. The smallest absolute Gasteiger partial charge is 0.153 e. The molecule has 0 fully saturated rings. The largest absolute Gasteiger partial charge is 0.399 e. The first-order valence-corrected chi connectivity index (χ1v) is 7.41. The third-order valence-electron chi connectivity index (χ3n) is 2.42. The summed E-state index contributed by atoms with van der Waals surface area (Å²) < 4.78 is 0. The summed E-state index contributed by atoms with van der Waals surface area (Å²) >= 11 is 0. The fourth-order valence-electron chi connectivity index (χ4n) is 1.77. The van der Waals surface area contributed by atoms with Crippen LogP contribution in [0.15, 0.2) is 35.5 Å². The van der Waals surface area contributed by atoms with Crippen molar-refractivity contribution in [1.82, 2.24) is 4.90 Å². The van der Waals surface area contributed by atoms with Gasteiger partial charge in [-0.05, 0) is 21.0 Å². The Morgan fingerprint density at radius 2 is 1.57 bits per heavy atom. The van der Waals surface area contributed by atoms with Gasteiger partial charge in [-0.25, -0.2) is 0 Å². The van der Waals surface area contributed by atoms with Gasteiger partial charge >= 0.3 is 0 Å². The molecule has 0 spiro atoms. The van der Waals surface area contributed by atoms with Gasteiger partial charge in [0.15, 0.2) is 5.78 Å². The first kappa shape index (κ1) is 21.6. The Morgan fingerprint density at radius 3 is 1.90 bits per heavy atom. The first-order chi connectivity index (χ1) is 10.1. The Bertz CT molecular complexity index is 401. The van der Waals surface area contributed by atoms with E-state index in [4.69, 9.17) is 4.84 Å². The van der Waals surface area contributed by atoms with E-state index in [9.17, 15) is 4.79 Å². The fraction of sp³-hybridized carbons (Fsp3) is 0.529. The molecule has 1 rings (SSSR count). The van der Waals surface area contributed by atoms with Crippen molar-refractivity contribution in [3.05, 3.63) is 35.9 Å². The van der Waals surface area contributed by atoms with E-state index in [1.54, 1.807) is 6.92 Å². The molecule has 0 saturated heterocycles. The number of Topliss-reactive ketones (excluding diaryl/α,β-unsaturated/α-hetero) is 1. The summed E-state index contributed by atoms with van der Waals surface area (Å²) in [7, 11) is 5.18. The summed E-state index contributed by atoms with van der Waals surface area (Å²) in [6.07, 6.45) is 0. The second kappa shape index (κ2) is 13.3. The number of nitrogens with zero attached hydrogens (tertiary/aromatic N) is 2. The molecule has 0 N–H and O–H groups in total. The number of likely N-dealkylation sites (N-methyl/N-ethyl adjacent to an activating group) is 1. The van der Waals surface area contributed by atoms with Gasteiger partial charge in [0.05, 0.1) is 0 Å². The molecule has 4 heteroatoms. The van der Waals surface area contributed by atoms with Crippen LogP contribution in [-0.4, -0.2) is 43.6 Å². The molecule has 0 bridgehead atoms. The van der Waals surface area contributed by atoms with Crippen LogP contribution in [0.3, 0.4) is 0 Å². The number of oxime groups is 1. The lowest BCUT2D eigenvalue weighted by molar-refractivity contribution is -0.119.